The lowest BCUT2D eigenvalue weighted by atomic mass is 9.94. The summed E-state index contributed by atoms with van der Waals surface area (Å²) in [5.74, 6) is 0. The first kappa shape index (κ1) is 13.6. The van der Waals surface area contributed by atoms with Crippen molar-refractivity contribution in [3.8, 4) is 0 Å². The number of nitrogens with zero attached hydrogens (tertiary/aromatic N) is 1. The lowest BCUT2D eigenvalue weighted by molar-refractivity contribution is 0.0949. The first-order chi connectivity index (χ1) is 8.76. The lowest BCUT2D eigenvalue weighted by Crippen LogP contribution is -2.44. The molecule has 0 saturated carbocycles. The standard InChI is InChI=1S/C16H26N2/c1-3-15-6-4-5-11-18(15)16(12-17)14-9-7-13(2)8-10-14/h7-10,15-16H,3-6,11-12,17H2,1-2H3. The van der Waals surface area contributed by atoms with Gasteiger partial charge < -0.3 is 5.73 Å². The fourth-order valence-corrected chi connectivity index (χ4v) is 3.12. The van der Waals surface area contributed by atoms with Crippen LogP contribution in [-0.2, 0) is 0 Å². The number of benzene rings is 1. The molecule has 0 aliphatic carbocycles. The van der Waals surface area contributed by atoms with Crippen molar-refractivity contribution in [3.63, 3.8) is 0 Å². The van der Waals surface area contributed by atoms with Crippen LogP contribution in [0.4, 0.5) is 0 Å². The van der Waals surface area contributed by atoms with Gasteiger partial charge >= 0.3 is 0 Å². The van der Waals surface area contributed by atoms with Crippen LogP contribution in [0.2, 0.25) is 0 Å². The van der Waals surface area contributed by atoms with Crippen LogP contribution in [0.5, 0.6) is 0 Å². The van der Waals surface area contributed by atoms with Crippen molar-refractivity contribution in [2.24, 2.45) is 5.73 Å². The topological polar surface area (TPSA) is 29.3 Å². The molecule has 2 unspecified atom stereocenters. The van der Waals surface area contributed by atoms with Crippen molar-refractivity contribution in [2.75, 3.05) is 13.1 Å². The summed E-state index contributed by atoms with van der Waals surface area (Å²) in [6.45, 7) is 6.36. The molecule has 18 heavy (non-hydrogen) atoms. The zero-order chi connectivity index (χ0) is 13.0. The molecule has 0 bridgehead atoms. The largest absolute Gasteiger partial charge is 0.329 e. The van der Waals surface area contributed by atoms with Crippen LogP contribution in [0.25, 0.3) is 0 Å². The van der Waals surface area contributed by atoms with Gasteiger partial charge in [0.25, 0.3) is 0 Å². The molecule has 2 nitrogen and oxygen atoms in total. The molecule has 2 heteroatoms. The molecule has 1 aliphatic rings. The minimum Gasteiger partial charge on any atom is -0.329 e. The van der Waals surface area contributed by atoms with E-state index in [9.17, 15) is 0 Å². The third-order valence-corrected chi connectivity index (χ3v) is 4.23. The first-order valence-corrected chi connectivity index (χ1v) is 7.28. The van der Waals surface area contributed by atoms with Gasteiger partial charge in [-0.2, -0.15) is 0 Å². The van der Waals surface area contributed by atoms with E-state index in [1.54, 1.807) is 0 Å². The molecule has 1 heterocycles. The molecular formula is C16H26N2. The smallest absolute Gasteiger partial charge is 0.0473 e. The highest BCUT2D eigenvalue weighted by molar-refractivity contribution is 5.24. The van der Waals surface area contributed by atoms with E-state index in [2.05, 4.69) is 43.0 Å². The second kappa shape index (κ2) is 6.35. The Balaban J connectivity index is 2.18. The predicted molar refractivity (Wildman–Crippen MR) is 77.6 cm³/mol. The zero-order valence-corrected chi connectivity index (χ0v) is 11.7. The summed E-state index contributed by atoms with van der Waals surface area (Å²) in [7, 11) is 0. The van der Waals surface area contributed by atoms with Gasteiger partial charge in [0.15, 0.2) is 0 Å². The van der Waals surface area contributed by atoms with Gasteiger partial charge in [0.1, 0.15) is 0 Å². The molecule has 100 valence electrons. The van der Waals surface area contributed by atoms with E-state index < -0.39 is 0 Å². The summed E-state index contributed by atoms with van der Waals surface area (Å²) >= 11 is 0. The van der Waals surface area contributed by atoms with Gasteiger partial charge in [0.2, 0.25) is 0 Å². The average molecular weight is 246 g/mol. The molecule has 2 rings (SSSR count). The fourth-order valence-electron chi connectivity index (χ4n) is 3.12. The van der Waals surface area contributed by atoms with Gasteiger partial charge in [-0.15, -0.1) is 0 Å². The highest BCUT2D eigenvalue weighted by atomic mass is 15.2. The van der Waals surface area contributed by atoms with E-state index >= 15 is 0 Å². The van der Waals surface area contributed by atoms with Crippen LogP contribution in [0.15, 0.2) is 24.3 Å². The second-order valence-electron chi connectivity index (χ2n) is 5.46. The van der Waals surface area contributed by atoms with Gasteiger partial charge in [-0.1, -0.05) is 43.2 Å². The summed E-state index contributed by atoms with van der Waals surface area (Å²) in [4.78, 5) is 2.63. The number of likely N-dealkylation sites (tertiary alicyclic amines) is 1. The first-order valence-electron chi connectivity index (χ1n) is 7.28. The van der Waals surface area contributed by atoms with Crippen LogP contribution in [-0.4, -0.2) is 24.0 Å². The third-order valence-electron chi connectivity index (χ3n) is 4.23. The molecule has 1 saturated heterocycles. The Morgan fingerprint density at radius 3 is 2.61 bits per heavy atom. The Bertz CT molecular complexity index is 358. The van der Waals surface area contributed by atoms with Crippen molar-refractivity contribution in [1.82, 2.24) is 4.90 Å². The lowest BCUT2D eigenvalue weighted by Gasteiger charge is -2.41. The normalized spacial score (nSPS) is 22.9. The minimum absolute atomic E-state index is 0.399. The molecule has 0 amide bonds. The maximum Gasteiger partial charge on any atom is 0.0473 e. The van der Waals surface area contributed by atoms with Crippen LogP contribution in [0.1, 0.15) is 49.8 Å². The number of piperidine rings is 1. The molecular weight excluding hydrogens is 220 g/mol. The summed E-state index contributed by atoms with van der Waals surface area (Å²) in [6.07, 6.45) is 5.26. The summed E-state index contributed by atoms with van der Waals surface area (Å²) in [5.41, 5.74) is 8.75. The summed E-state index contributed by atoms with van der Waals surface area (Å²) < 4.78 is 0. The van der Waals surface area contributed by atoms with Gasteiger partial charge in [0.05, 0.1) is 0 Å². The van der Waals surface area contributed by atoms with Gasteiger partial charge in [-0.25, -0.2) is 0 Å². The quantitative estimate of drug-likeness (QED) is 0.883. The molecule has 0 radical (unpaired) electrons. The van der Waals surface area contributed by atoms with Gasteiger partial charge in [-0.3, -0.25) is 4.90 Å². The third kappa shape index (κ3) is 2.93. The highest BCUT2D eigenvalue weighted by Gasteiger charge is 2.27. The van der Waals surface area contributed by atoms with E-state index in [-0.39, 0.29) is 0 Å². The van der Waals surface area contributed by atoms with E-state index in [0.717, 1.165) is 6.54 Å². The number of aryl methyl sites for hydroxylation is 1. The zero-order valence-electron chi connectivity index (χ0n) is 11.7. The molecule has 1 aromatic rings. The number of hydrogen-bond donors (Lipinski definition) is 1. The Labute approximate surface area is 111 Å². The van der Waals surface area contributed by atoms with Crippen molar-refractivity contribution < 1.29 is 0 Å². The molecule has 1 aromatic carbocycles. The van der Waals surface area contributed by atoms with Crippen LogP contribution in [0.3, 0.4) is 0 Å². The maximum absolute atomic E-state index is 6.05. The number of rotatable bonds is 4. The second-order valence-corrected chi connectivity index (χ2v) is 5.46. The summed E-state index contributed by atoms with van der Waals surface area (Å²) in [6, 6.07) is 10.00. The minimum atomic E-state index is 0.399. The van der Waals surface area contributed by atoms with E-state index in [4.69, 9.17) is 5.73 Å². The van der Waals surface area contributed by atoms with Crippen LogP contribution < -0.4 is 5.73 Å². The SMILES string of the molecule is CCC1CCCCN1C(CN)c1ccc(C)cc1. The summed E-state index contributed by atoms with van der Waals surface area (Å²) in [5, 5.41) is 0. The number of nitrogens with two attached hydrogens (primary N) is 1. The van der Waals surface area contributed by atoms with Crippen molar-refractivity contribution in [3.05, 3.63) is 35.4 Å². The molecule has 1 fully saturated rings. The van der Waals surface area contributed by atoms with E-state index in [1.807, 2.05) is 0 Å². The predicted octanol–water partition coefficient (Wildman–Crippen LogP) is 3.26. The molecule has 2 atom stereocenters. The highest BCUT2D eigenvalue weighted by Crippen LogP contribution is 2.29. The van der Waals surface area contributed by atoms with Gasteiger partial charge in [0, 0.05) is 18.6 Å². The van der Waals surface area contributed by atoms with Crippen molar-refractivity contribution in [1.29, 1.82) is 0 Å². The average Bonchev–Trinajstić information content (AvgIpc) is 2.42. The van der Waals surface area contributed by atoms with Crippen LogP contribution >= 0.6 is 0 Å². The van der Waals surface area contributed by atoms with Crippen molar-refractivity contribution >= 4 is 0 Å². The van der Waals surface area contributed by atoms with Crippen LogP contribution in [0, 0.1) is 6.92 Å². The van der Waals surface area contributed by atoms with E-state index in [0.29, 0.717) is 12.1 Å². The Kier molecular flexibility index (Phi) is 4.79. The fraction of sp³-hybridized carbons (Fsp3) is 0.625. The molecule has 0 aromatic heterocycles. The number of hydrogen-bond acceptors (Lipinski definition) is 2. The molecule has 0 spiro atoms. The maximum atomic E-state index is 6.05. The van der Waals surface area contributed by atoms with E-state index in [1.165, 1.54) is 43.4 Å². The molecule has 2 N–H and O–H groups in total. The monoisotopic (exact) mass is 246 g/mol. The Morgan fingerprint density at radius 1 is 1.28 bits per heavy atom. The van der Waals surface area contributed by atoms with Gasteiger partial charge in [-0.05, 0) is 38.3 Å². The molecule has 1 aliphatic heterocycles. The Morgan fingerprint density at radius 2 is 2.00 bits per heavy atom. The Hall–Kier alpha value is -0.860. The van der Waals surface area contributed by atoms with Crippen molar-refractivity contribution in [2.45, 2.75) is 51.6 Å².